The average Bonchev–Trinajstić information content (AvgIpc) is 2.11. The van der Waals surface area contributed by atoms with E-state index in [2.05, 4.69) is 5.32 Å². The van der Waals surface area contributed by atoms with Gasteiger partial charge in [-0.3, -0.25) is 10.1 Å². The molecule has 0 aliphatic carbocycles. The monoisotopic (exact) mass is 232 g/mol. The van der Waals surface area contributed by atoms with Crippen LogP contribution in [0.4, 0.5) is 11.4 Å². The van der Waals surface area contributed by atoms with E-state index in [0.29, 0.717) is 0 Å². The number of phenolic OH excluding ortho intramolecular Hbond substituents is 1. The summed E-state index contributed by atoms with van der Waals surface area (Å²) in [5.74, 6) is -0.330. The van der Waals surface area contributed by atoms with Gasteiger partial charge in [0.2, 0.25) is 0 Å². The van der Waals surface area contributed by atoms with Gasteiger partial charge in [-0.2, -0.15) is 0 Å². The van der Waals surface area contributed by atoms with Gasteiger partial charge in [0.25, 0.3) is 5.69 Å². The molecule has 0 bridgehead atoms. The molecule has 0 spiro atoms. The molecule has 6 nitrogen and oxygen atoms in total. The van der Waals surface area contributed by atoms with Crippen LogP contribution in [0.25, 0.3) is 0 Å². The Morgan fingerprint density at radius 1 is 1.60 bits per heavy atom. The van der Waals surface area contributed by atoms with Gasteiger partial charge >= 0.3 is 0 Å². The van der Waals surface area contributed by atoms with Crippen LogP contribution < -0.4 is 5.32 Å². The number of aliphatic hydroxyl groups excluding tert-OH is 1. The van der Waals surface area contributed by atoms with E-state index < -0.39 is 11.2 Å². The minimum Gasteiger partial charge on any atom is -0.504 e. The number of halogens is 1. The van der Waals surface area contributed by atoms with E-state index >= 15 is 0 Å². The van der Waals surface area contributed by atoms with Gasteiger partial charge in [0.15, 0.2) is 5.75 Å². The first-order chi connectivity index (χ1) is 6.91. The van der Waals surface area contributed by atoms with Crippen molar-refractivity contribution in [3.63, 3.8) is 0 Å². The maximum atomic E-state index is 10.5. The van der Waals surface area contributed by atoms with Crippen LogP contribution >= 0.6 is 11.6 Å². The van der Waals surface area contributed by atoms with Gasteiger partial charge in [-0.1, -0.05) is 11.6 Å². The maximum Gasteiger partial charge on any atom is 0.273 e. The Morgan fingerprint density at radius 2 is 2.20 bits per heavy atom. The predicted octanol–water partition coefficient (Wildman–Crippen LogP) is 1.70. The number of anilines is 1. The van der Waals surface area contributed by atoms with E-state index in [0.717, 1.165) is 12.1 Å². The Kier molecular flexibility index (Phi) is 3.33. The molecule has 1 rings (SSSR count). The molecule has 1 unspecified atom stereocenters. The Labute approximate surface area is 90.3 Å². The van der Waals surface area contributed by atoms with E-state index in [-0.39, 0.29) is 22.1 Å². The van der Waals surface area contributed by atoms with E-state index in [1.807, 2.05) is 0 Å². The van der Waals surface area contributed by atoms with Crippen molar-refractivity contribution in [2.24, 2.45) is 0 Å². The Balaban J connectivity index is 3.19. The summed E-state index contributed by atoms with van der Waals surface area (Å²) >= 11 is 5.57. The highest BCUT2D eigenvalue weighted by Crippen LogP contribution is 2.36. The Hall–Kier alpha value is -1.53. The van der Waals surface area contributed by atoms with Crippen molar-refractivity contribution in [1.82, 2.24) is 0 Å². The first kappa shape index (κ1) is 11.5. The second kappa shape index (κ2) is 4.33. The Bertz CT molecular complexity index is 394. The molecule has 15 heavy (non-hydrogen) atoms. The van der Waals surface area contributed by atoms with E-state index in [1.54, 1.807) is 0 Å². The summed E-state index contributed by atoms with van der Waals surface area (Å²) in [5, 5.41) is 31.2. The molecule has 1 aromatic rings. The first-order valence-corrected chi connectivity index (χ1v) is 4.41. The van der Waals surface area contributed by atoms with Crippen LogP contribution in [0.2, 0.25) is 5.02 Å². The zero-order valence-electron chi connectivity index (χ0n) is 7.77. The van der Waals surface area contributed by atoms with Crippen molar-refractivity contribution >= 4 is 23.0 Å². The van der Waals surface area contributed by atoms with Gasteiger partial charge in [-0.25, -0.2) is 0 Å². The summed E-state index contributed by atoms with van der Waals surface area (Å²) in [4.78, 5) is 9.84. The van der Waals surface area contributed by atoms with Crippen molar-refractivity contribution in [3.05, 3.63) is 27.3 Å². The molecule has 0 amide bonds. The molecule has 0 fully saturated rings. The minimum absolute atomic E-state index is 0.0178. The van der Waals surface area contributed by atoms with Gasteiger partial charge in [-0.05, 0) is 6.92 Å². The highest BCUT2D eigenvalue weighted by atomic mass is 35.5. The molecule has 0 aliphatic rings. The van der Waals surface area contributed by atoms with Gasteiger partial charge in [0.1, 0.15) is 6.23 Å². The smallest absolute Gasteiger partial charge is 0.273 e. The number of aromatic hydroxyl groups is 1. The summed E-state index contributed by atoms with van der Waals surface area (Å²) in [6.07, 6.45) is -0.950. The average molecular weight is 233 g/mol. The van der Waals surface area contributed by atoms with Crippen LogP contribution in [0, 0.1) is 10.1 Å². The van der Waals surface area contributed by atoms with Crippen LogP contribution in [-0.4, -0.2) is 21.4 Å². The molecule has 0 saturated carbocycles. The van der Waals surface area contributed by atoms with Crippen molar-refractivity contribution < 1.29 is 15.1 Å². The molecule has 7 heteroatoms. The van der Waals surface area contributed by atoms with Crippen molar-refractivity contribution in [2.45, 2.75) is 13.2 Å². The summed E-state index contributed by atoms with van der Waals surface area (Å²) in [6.45, 7) is 1.41. The van der Waals surface area contributed by atoms with Crippen LogP contribution in [0.3, 0.4) is 0 Å². The molecule has 1 aromatic carbocycles. The normalized spacial score (nSPS) is 12.2. The predicted molar refractivity (Wildman–Crippen MR) is 55.1 cm³/mol. The summed E-state index contributed by atoms with van der Waals surface area (Å²) in [5.41, 5.74) is -0.245. The largest absolute Gasteiger partial charge is 0.504 e. The maximum absolute atomic E-state index is 10.5. The highest BCUT2D eigenvalue weighted by molar-refractivity contribution is 6.32. The summed E-state index contributed by atoms with van der Waals surface area (Å²) in [7, 11) is 0. The fraction of sp³-hybridized carbons (Fsp3) is 0.250. The standard InChI is InChI=1S/C8H9ClN2O4/c1-4(12)10-7-3-5(11(14)15)2-6(9)8(7)13/h2-4,10,12-13H,1H3. The molecular weight excluding hydrogens is 224 g/mol. The van der Waals surface area contributed by atoms with Gasteiger partial charge in [0.05, 0.1) is 15.6 Å². The van der Waals surface area contributed by atoms with Crippen molar-refractivity contribution in [3.8, 4) is 5.75 Å². The highest BCUT2D eigenvalue weighted by Gasteiger charge is 2.15. The van der Waals surface area contributed by atoms with Crippen LogP contribution in [0.5, 0.6) is 5.75 Å². The quantitative estimate of drug-likeness (QED) is 0.319. The molecule has 0 heterocycles. The van der Waals surface area contributed by atoms with Crippen molar-refractivity contribution in [1.29, 1.82) is 0 Å². The third-order valence-electron chi connectivity index (χ3n) is 1.62. The van der Waals surface area contributed by atoms with E-state index in [1.165, 1.54) is 6.92 Å². The summed E-state index contributed by atoms with van der Waals surface area (Å²) in [6, 6.07) is 2.12. The number of nitro benzene ring substituents is 1. The fourth-order valence-corrected chi connectivity index (χ4v) is 1.24. The number of nitrogens with one attached hydrogen (secondary N) is 1. The number of nitro groups is 1. The van der Waals surface area contributed by atoms with Gasteiger partial charge in [-0.15, -0.1) is 0 Å². The SMILES string of the molecule is CC(O)Nc1cc([N+](=O)[O-])cc(Cl)c1O. The number of hydrogen-bond donors (Lipinski definition) is 3. The number of phenols is 1. The molecule has 0 saturated heterocycles. The van der Waals surface area contributed by atoms with Crippen molar-refractivity contribution in [2.75, 3.05) is 5.32 Å². The van der Waals surface area contributed by atoms with E-state index in [4.69, 9.17) is 16.7 Å². The molecular formula is C8H9ClN2O4. The van der Waals surface area contributed by atoms with Crippen LogP contribution in [0.1, 0.15) is 6.92 Å². The van der Waals surface area contributed by atoms with Gasteiger partial charge < -0.3 is 15.5 Å². The second-order valence-electron chi connectivity index (χ2n) is 2.90. The molecule has 0 aromatic heterocycles. The number of non-ortho nitro benzene ring substituents is 1. The lowest BCUT2D eigenvalue weighted by Gasteiger charge is -2.11. The molecule has 82 valence electrons. The third kappa shape index (κ3) is 2.71. The lowest BCUT2D eigenvalue weighted by molar-refractivity contribution is -0.384. The molecule has 1 atom stereocenters. The minimum atomic E-state index is -0.950. The number of aliphatic hydroxyl groups is 1. The zero-order chi connectivity index (χ0) is 11.6. The molecule has 3 N–H and O–H groups in total. The fourth-order valence-electron chi connectivity index (χ4n) is 1.03. The molecule has 0 radical (unpaired) electrons. The van der Waals surface area contributed by atoms with Crippen LogP contribution in [0.15, 0.2) is 12.1 Å². The lowest BCUT2D eigenvalue weighted by Crippen LogP contribution is -2.13. The van der Waals surface area contributed by atoms with E-state index in [9.17, 15) is 15.2 Å². The Morgan fingerprint density at radius 3 is 2.67 bits per heavy atom. The third-order valence-corrected chi connectivity index (χ3v) is 1.91. The number of benzene rings is 1. The van der Waals surface area contributed by atoms with Crippen LogP contribution in [-0.2, 0) is 0 Å². The lowest BCUT2D eigenvalue weighted by atomic mass is 10.2. The second-order valence-corrected chi connectivity index (χ2v) is 3.31. The number of nitrogens with zero attached hydrogens (tertiary/aromatic N) is 1. The van der Waals surface area contributed by atoms with Gasteiger partial charge in [0, 0.05) is 12.1 Å². The first-order valence-electron chi connectivity index (χ1n) is 4.03. The number of hydrogen-bond acceptors (Lipinski definition) is 5. The zero-order valence-corrected chi connectivity index (χ0v) is 8.52. The summed E-state index contributed by atoms with van der Waals surface area (Å²) < 4.78 is 0. The topological polar surface area (TPSA) is 95.6 Å². The number of rotatable bonds is 3. The molecule has 0 aliphatic heterocycles.